The van der Waals surface area contributed by atoms with Gasteiger partial charge in [0.25, 0.3) is 0 Å². The number of carbonyl (C=O) groups is 1. The first kappa shape index (κ1) is 22.0. The van der Waals surface area contributed by atoms with E-state index >= 15 is 0 Å². The molecule has 1 atom stereocenters. The first-order valence-corrected chi connectivity index (χ1v) is 11.9. The molecule has 7 nitrogen and oxygen atoms in total. The predicted molar refractivity (Wildman–Crippen MR) is 134 cm³/mol. The molecule has 1 aliphatic heterocycles. The number of aryl methyl sites for hydroxylation is 1. The lowest BCUT2D eigenvalue weighted by Crippen LogP contribution is -2.16. The zero-order valence-electron chi connectivity index (χ0n) is 18.5. The quantitative estimate of drug-likeness (QED) is 0.411. The topological polar surface area (TPSA) is 90.8 Å². The van der Waals surface area contributed by atoms with E-state index in [1.165, 1.54) is 23.9 Å². The number of rotatable bonds is 5. The molecule has 0 saturated heterocycles. The van der Waals surface area contributed by atoms with Gasteiger partial charge in [-0.05, 0) is 55.0 Å². The smallest absolute Gasteiger partial charge is 0.235 e. The second-order valence-corrected chi connectivity index (χ2v) is 8.97. The maximum Gasteiger partial charge on any atom is 0.235 e. The summed E-state index contributed by atoms with van der Waals surface area (Å²) in [6.07, 6.45) is 5.13. The number of amides is 1. The zero-order valence-corrected chi connectivity index (χ0v) is 19.3. The van der Waals surface area contributed by atoms with Crippen LogP contribution in [0.5, 0.6) is 0 Å². The molecular formula is C25H23FN6OS. The van der Waals surface area contributed by atoms with Crippen LogP contribution in [0.15, 0.2) is 67.4 Å². The second-order valence-electron chi connectivity index (χ2n) is 7.87. The number of hydrogen-bond donors (Lipinski definition) is 2. The second kappa shape index (κ2) is 8.83. The average molecular weight is 475 g/mol. The minimum atomic E-state index is -0.292. The van der Waals surface area contributed by atoms with E-state index in [1.54, 1.807) is 39.8 Å². The number of thioether (sulfide) groups is 1. The van der Waals surface area contributed by atoms with Crippen molar-refractivity contribution in [3.63, 3.8) is 0 Å². The van der Waals surface area contributed by atoms with Gasteiger partial charge >= 0.3 is 0 Å². The van der Waals surface area contributed by atoms with Crippen LogP contribution in [-0.4, -0.2) is 31.2 Å². The molecule has 2 aromatic heterocycles. The molecule has 1 unspecified atom stereocenters. The number of benzene rings is 2. The van der Waals surface area contributed by atoms with E-state index in [1.807, 2.05) is 19.1 Å². The molecule has 3 N–H and O–H groups in total. The molecule has 0 radical (unpaired) electrons. The van der Waals surface area contributed by atoms with E-state index < -0.39 is 0 Å². The average Bonchev–Trinajstić information content (AvgIpc) is 3.37. The van der Waals surface area contributed by atoms with Crippen molar-refractivity contribution in [2.45, 2.75) is 18.7 Å². The highest BCUT2D eigenvalue weighted by Crippen LogP contribution is 2.45. The Hall–Kier alpha value is -3.85. The minimum Gasteiger partial charge on any atom is -0.397 e. The van der Waals surface area contributed by atoms with Crippen LogP contribution in [0.3, 0.4) is 0 Å². The van der Waals surface area contributed by atoms with Gasteiger partial charge in [-0.1, -0.05) is 18.7 Å². The van der Waals surface area contributed by atoms with Crippen LogP contribution in [0.1, 0.15) is 29.0 Å². The number of nitrogens with two attached hydrogens (primary N) is 1. The van der Waals surface area contributed by atoms with Crippen molar-refractivity contribution in [1.29, 1.82) is 0 Å². The van der Waals surface area contributed by atoms with Crippen molar-refractivity contribution in [3.8, 4) is 5.69 Å². The molecule has 1 amide bonds. The van der Waals surface area contributed by atoms with Gasteiger partial charge in [0.15, 0.2) is 0 Å². The molecular weight excluding hydrogens is 451 g/mol. The number of halogens is 1. The Balaban J connectivity index is 1.64. The highest BCUT2D eigenvalue weighted by Gasteiger charge is 2.32. The highest BCUT2D eigenvalue weighted by molar-refractivity contribution is 8.00. The third-order valence-electron chi connectivity index (χ3n) is 5.73. The van der Waals surface area contributed by atoms with E-state index in [9.17, 15) is 9.18 Å². The van der Waals surface area contributed by atoms with Crippen molar-refractivity contribution in [2.24, 2.45) is 5.73 Å². The Morgan fingerprint density at radius 1 is 1.32 bits per heavy atom. The van der Waals surface area contributed by atoms with Gasteiger partial charge < -0.3 is 11.1 Å². The van der Waals surface area contributed by atoms with Crippen molar-refractivity contribution in [1.82, 2.24) is 19.6 Å². The molecule has 34 heavy (non-hydrogen) atoms. The lowest BCUT2D eigenvalue weighted by molar-refractivity contribution is -0.113. The number of aromatic nitrogens is 4. The monoisotopic (exact) mass is 474 g/mol. The van der Waals surface area contributed by atoms with E-state index in [-0.39, 0.29) is 17.0 Å². The van der Waals surface area contributed by atoms with Crippen LogP contribution in [0.2, 0.25) is 0 Å². The van der Waals surface area contributed by atoms with Crippen LogP contribution in [0.25, 0.3) is 22.3 Å². The zero-order chi connectivity index (χ0) is 23.8. The molecule has 1 aliphatic rings. The fourth-order valence-electron chi connectivity index (χ4n) is 4.18. The maximum atomic E-state index is 13.4. The summed E-state index contributed by atoms with van der Waals surface area (Å²) in [7, 11) is 0. The number of carbonyl (C=O) groups excluding carboxylic acids is 1. The number of nitrogens with one attached hydrogen (secondary N) is 1. The summed E-state index contributed by atoms with van der Waals surface area (Å²) in [6.45, 7) is 6.30. The molecule has 4 aromatic rings. The number of anilines is 1. The summed E-state index contributed by atoms with van der Waals surface area (Å²) in [5.41, 5.74) is 11.0. The largest absolute Gasteiger partial charge is 0.397 e. The van der Waals surface area contributed by atoms with Crippen molar-refractivity contribution in [2.75, 3.05) is 11.1 Å². The van der Waals surface area contributed by atoms with E-state index in [4.69, 9.17) is 10.8 Å². The molecule has 0 saturated carbocycles. The number of allylic oxidation sites excluding steroid dienone is 2. The van der Waals surface area contributed by atoms with Gasteiger partial charge in [0.1, 0.15) is 17.3 Å². The first-order chi connectivity index (χ1) is 16.5. The first-order valence-electron chi connectivity index (χ1n) is 10.8. The summed E-state index contributed by atoms with van der Waals surface area (Å²) in [4.78, 5) is 12.5. The third kappa shape index (κ3) is 3.77. The van der Waals surface area contributed by atoms with Gasteiger partial charge in [0.2, 0.25) is 5.91 Å². The van der Waals surface area contributed by atoms with Gasteiger partial charge in [0, 0.05) is 17.5 Å². The normalized spacial score (nSPS) is 16.2. The standard InChI is InChI=1S/C25H23FN6OS/c1-3-5-19(27)23-22-24(34-14-21(33)29-25(22)31(4-2)30-23)15-6-11-20-16(12-15)13-28-32(20)18-9-7-17(26)8-10-18/h3,5-13,24H,1,4,14,27H2,2H3,(H,29,33). The van der Waals surface area contributed by atoms with Gasteiger partial charge in [-0.3, -0.25) is 4.79 Å². The Bertz CT molecular complexity index is 1440. The molecule has 0 fully saturated rings. The van der Waals surface area contributed by atoms with E-state index in [0.29, 0.717) is 29.5 Å². The van der Waals surface area contributed by atoms with Gasteiger partial charge in [-0.2, -0.15) is 10.2 Å². The summed E-state index contributed by atoms with van der Waals surface area (Å²) >= 11 is 1.53. The summed E-state index contributed by atoms with van der Waals surface area (Å²) < 4.78 is 16.9. The van der Waals surface area contributed by atoms with Crippen molar-refractivity contribution in [3.05, 3.63) is 90.0 Å². The fraction of sp³-hybridized carbons (Fsp3) is 0.160. The Labute approximate surface area is 200 Å². The molecule has 9 heteroatoms. The summed E-state index contributed by atoms with van der Waals surface area (Å²) in [6, 6.07) is 12.3. The minimum absolute atomic E-state index is 0.0774. The maximum absolute atomic E-state index is 13.4. The van der Waals surface area contributed by atoms with Crippen LogP contribution >= 0.6 is 11.8 Å². The van der Waals surface area contributed by atoms with Crippen molar-refractivity contribution >= 4 is 40.1 Å². The molecule has 0 aliphatic carbocycles. The van der Waals surface area contributed by atoms with E-state index in [0.717, 1.165) is 27.7 Å². The molecule has 2 aromatic carbocycles. The molecule has 0 spiro atoms. The Morgan fingerprint density at radius 3 is 2.85 bits per heavy atom. The lowest BCUT2D eigenvalue weighted by Gasteiger charge is -2.16. The number of fused-ring (bicyclic) bond motifs is 2. The van der Waals surface area contributed by atoms with Crippen molar-refractivity contribution < 1.29 is 9.18 Å². The molecule has 172 valence electrons. The van der Waals surface area contributed by atoms with Gasteiger partial charge in [-0.25, -0.2) is 13.8 Å². The predicted octanol–water partition coefficient (Wildman–Crippen LogP) is 4.64. The van der Waals surface area contributed by atoms with Crippen LogP contribution in [0, 0.1) is 5.82 Å². The highest BCUT2D eigenvalue weighted by atomic mass is 32.2. The molecule has 0 bridgehead atoms. The summed E-state index contributed by atoms with van der Waals surface area (Å²) in [5, 5.41) is 13.0. The summed E-state index contributed by atoms with van der Waals surface area (Å²) in [5.74, 6) is 0.604. The van der Waals surface area contributed by atoms with Gasteiger partial charge in [-0.15, -0.1) is 11.8 Å². The SMILES string of the molecule is C=CC=C(N)c1nn(CC)c2c1C(c1ccc3c(cnn3-c3ccc(F)cc3)c1)SCC(=O)N2. The molecule has 3 heterocycles. The van der Waals surface area contributed by atoms with Crippen LogP contribution in [0.4, 0.5) is 10.2 Å². The van der Waals surface area contributed by atoms with Crippen LogP contribution in [-0.2, 0) is 11.3 Å². The fourth-order valence-corrected chi connectivity index (χ4v) is 5.30. The Kier molecular flexibility index (Phi) is 5.70. The van der Waals surface area contributed by atoms with Gasteiger partial charge in [0.05, 0.1) is 34.1 Å². The van der Waals surface area contributed by atoms with Crippen LogP contribution < -0.4 is 11.1 Å². The third-order valence-corrected chi connectivity index (χ3v) is 7.00. The number of hydrogen-bond acceptors (Lipinski definition) is 5. The number of nitrogens with zero attached hydrogens (tertiary/aromatic N) is 4. The lowest BCUT2D eigenvalue weighted by atomic mass is 10.0. The van der Waals surface area contributed by atoms with E-state index in [2.05, 4.69) is 23.1 Å². The Morgan fingerprint density at radius 2 is 2.12 bits per heavy atom. The molecule has 5 rings (SSSR count).